The lowest BCUT2D eigenvalue weighted by molar-refractivity contribution is 0.00660. The van der Waals surface area contributed by atoms with E-state index in [2.05, 4.69) is 9.80 Å². The molecule has 0 unspecified atom stereocenters. The topological polar surface area (TPSA) is 24.9 Å². The number of piperidine rings is 2. The molecule has 0 atom stereocenters. The van der Waals surface area contributed by atoms with E-state index in [1.165, 1.54) is 64.7 Å². The minimum Gasteiger partial charge on any atom is -0.372 e. The van der Waals surface area contributed by atoms with Crippen molar-refractivity contribution in [2.24, 2.45) is 0 Å². The van der Waals surface area contributed by atoms with Gasteiger partial charge in [0.1, 0.15) is 6.61 Å². The summed E-state index contributed by atoms with van der Waals surface area (Å²) in [6.07, 6.45) is 8.11. The fourth-order valence-corrected chi connectivity index (χ4v) is 2.81. The quantitative estimate of drug-likeness (QED) is 0.630. The summed E-state index contributed by atoms with van der Waals surface area (Å²) < 4.78 is 11.1. The van der Waals surface area contributed by atoms with E-state index in [9.17, 15) is 0 Å². The Hall–Kier alpha value is -0.160. The predicted octanol–water partition coefficient (Wildman–Crippen LogP) is 2.11. The molecule has 2 fully saturated rings. The molecule has 0 N–H and O–H groups in total. The molecule has 0 aromatic heterocycles. The van der Waals surface area contributed by atoms with Crippen molar-refractivity contribution in [1.29, 1.82) is 0 Å². The molecule has 111 valence electrons. The van der Waals surface area contributed by atoms with E-state index in [1.807, 2.05) is 6.61 Å². The van der Waals surface area contributed by atoms with E-state index in [1.54, 1.807) is 0 Å². The highest BCUT2D eigenvalue weighted by Gasteiger charge is 2.10. The average Bonchev–Trinajstić information content (AvgIpc) is 2.48. The number of nitrogens with zero attached hydrogens (tertiary/aromatic N) is 2. The molecule has 0 spiro atoms. The molecule has 0 bridgehead atoms. The van der Waals surface area contributed by atoms with Crippen LogP contribution in [0.25, 0.3) is 0 Å². The Morgan fingerprint density at radius 3 is 2.11 bits per heavy atom. The van der Waals surface area contributed by atoms with Crippen LogP contribution in [0.4, 0.5) is 0 Å². The van der Waals surface area contributed by atoms with Crippen LogP contribution in [0.3, 0.4) is 0 Å². The highest BCUT2D eigenvalue weighted by Crippen LogP contribution is 2.08. The minimum absolute atomic E-state index is 0.608. The van der Waals surface area contributed by atoms with Crippen LogP contribution in [-0.4, -0.2) is 62.5 Å². The summed E-state index contributed by atoms with van der Waals surface area (Å²) >= 11 is 0. The Morgan fingerprint density at radius 1 is 0.789 bits per heavy atom. The maximum Gasteiger partial charge on any atom is 0.109 e. The first kappa shape index (κ1) is 15.2. The zero-order valence-corrected chi connectivity index (χ0v) is 12.2. The van der Waals surface area contributed by atoms with Gasteiger partial charge in [-0.15, -0.1) is 0 Å². The Kier molecular flexibility index (Phi) is 7.78. The lowest BCUT2D eigenvalue weighted by atomic mass is 10.1. The van der Waals surface area contributed by atoms with Gasteiger partial charge in [-0.2, -0.15) is 0 Å². The largest absolute Gasteiger partial charge is 0.372 e. The van der Waals surface area contributed by atoms with Gasteiger partial charge in [0, 0.05) is 19.6 Å². The maximum atomic E-state index is 5.60. The fraction of sp³-hybridized carbons (Fsp3) is 0.933. The Morgan fingerprint density at radius 2 is 1.42 bits per heavy atom. The van der Waals surface area contributed by atoms with Crippen molar-refractivity contribution in [2.45, 2.75) is 38.5 Å². The van der Waals surface area contributed by atoms with E-state index in [-0.39, 0.29) is 0 Å². The Balaban J connectivity index is 1.35. The molecule has 2 heterocycles. The van der Waals surface area contributed by atoms with Crippen molar-refractivity contribution < 1.29 is 9.47 Å². The van der Waals surface area contributed by atoms with Gasteiger partial charge in [0.15, 0.2) is 0 Å². The van der Waals surface area contributed by atoms with Gasteiger partial charge in [0.25, 0.3) is 0 Å². The standard InChI is InChI=1S/C15H29N2O2/c1-3-7-16(8-4-1)11-12-18-13-14-19-15-17-9-5-2-6-10-17/h13H,1-12,14-15H2. The van der Waals surface area contributed by atoms with Crippen molar-refractivity contribution in [2.75, 3.05) is 52.7 Å². The number of likely N-dealkylation sites (tertiary alicyclic amines) is 2. The zero-order valence-electron chi connectivity index (χ0n) is 12.2. The van der Waals surface area contributed by atoms with Gasteiger partial charge in [0.05, 0.1) is 19.9 Å². The molecule has 2 saturated heterocycles. The van der Waals surface area contributed by atoms with Crippen LogP contribution in [0, 0.1) is 6.61 Å². The monoisotopic (exact) mass is 269 g/mol. The number of ether oxygens (including phenoxy) is 2. The van der Waals surface area contributed by atoms with Gasteiger partial charge in [-0.25, -0.2) is 0 Å². The second-order valence-electron chi connectivity index (χ2n) is 5.62. The average molecular weight is 269 g/mol. The van der Waals surface area contributed by atoms with E-state index < -0.39 is 0 Å². The second-order valence-corrected chi connectivity index (χ2v) is 5.62. The molecule has 0 saturated carbocycles. The molecule has 2 aliphatic rings. The van der Waals surface area contributed by atoms with Crippen molar-refractivity contribution in [3.8, 4) is 0 Å². The number of hydrogen-bond acceptors (Lipinski definition) is 4. The smallest absolute Gasteiger partial charge is 0.109 e. The molecule has 19 heavy (non-hydrogen) atoms. The third-order valence-corrected chi connectivity index (χ3v) is 4.00. The van der Waals surface area contributed by atoms with E-state index in [0.717, 1.165) is 19.9 Å². The van der Waals surface area contributed by atoms with E-state index in [0.29, 0.717) is 6.61 Å². The van der Waals surface area contributed by atoms with Gasteiger partial charge in [-0.1, -0.05) is 12.8 Å². The Labute approximate surface area is 118 Å². The van der Waals surface area contributed by atoms with E-state index >= 15 is 0 Å². The highest BCUT2D eigenvalue weighted by atomic mass is 16.5. The van der Waals surface area contributed by atoms with Crippen molar-refractivity contribution >= 4 is 0 Å². The van der Waals surface area contributed by atoms with Crippen LogP contribution in [-0.2, 0) is 9.47 Å². The van der Waals surface area contributed by atoms with Gasteiger partial charge < -0.3 is 14.4 Å². The number of hydrogen-bond donors (Lipinski definition) is 0. The number of rotatable bonds is 8. The summed E-state index contributed by atoms with van der Waals surface area (Å²) in [5.41, 5.74) is 0. The highest BCUT2D eigenvalue weighted by molar-refractivity contribution is 4.64. The summed E-state index contributed by atoms with van der Waals surface area (Å²) in [4.78, 5) is 4.87. The molecule has 4 heteroatoms. The molecule has 0 amide bonds. The Bertz CT molecular complexity index is 192. The van der Waals surface area contributed by atoms with Crippen molar-refractivity contribution in [3.05, 3.63) is 6.61 Å². The maximum absolute atomic E-state index is 5.60. The summed E-state index contributed by atoms with van der Waals surface area (Å²) in [6, 6.07) is 0. The molecule has 2 rings (SSSR count). The lowest BCUT2D eigenvalue weighted by Crippen LogP contribution is -2.33. The van der Waals surface area contributed by atoms with Crippen LogP contribution in [0.2, 0.25) is 0 Å². The molecule has 0 aliphatic carbocycles. The summed E-state index contributed by atoms with van der Waals surface area (Å²) in [7, 11) is 0. The van der Waals surface area contributed by atoms with Gasteiger partial charge >= 0.3 is 0 Å². The molecular formula is C15H29N2O2. The third kappa shape index (κ3) is 6.70. The minimum atomic E-state index is 0.608. The molecule has 4 nitrogen and oxygen atoms in total. The summed E-state index contributed by atoms with van der Waals surface area (Å²) in [6.45, 7) is 9.90. The predicted molar refractivity (Wildman–Crippen MR) is 76.8 cm³/mol. The normalized spacial score (nSPS) is 22.7. The van der Waals surface area contributed by atoms with Crippen LogP contribution < -0.4 is 0 Å². The van der Waals surface area contributed by atoms with Crippen LogP contribution in [0.15, 0.2) is 0 Å². The molecule has 2 aliphatic heterocycles. The first-order chi connectivity index (χ1) is 9.45. The van der Waals surface area contributed by atoms with Crippen molar-refractivity contribution in [1.82, 2.24) is 9.80 Å². The first-order valence-corrected chi connectivity index (χ1v) is 7.91. The lowest BCUT2D eigenvalue weighted by Gasteiger charge is -2.26. The van der Waals surface area contributed by atoms with Crippen LogP contribution >= 0.6 is 0 Å². The SMILES string of the molecule is [CH](COCN1CCCCC1)OCCN1CCCCC1. The fourth-order valence-electron chi connectivity index (χ4n) is 2.81. The molecular weight excluding hydrogens is 240 g/mol. The van der Waals surface area contributed by atoms with Gasteiger partial charge in [0.2, 0.25) is 0 Å². The summed E-state index contributed by atoms with van der Waals surface area (Å²) in [5.74, 6) is 0. The van der Waals surface area contributed by atoms with E-state index in [4.69, 9.17) is 9.47 Å². The van der Waals surface area contributed by atoms with Gasteiger partial charge in [-0.05, 0) is 38.8 Å². The first-order valence-electron chi connectivity index (χ1n) is 7.91. The van der Waals surface area contributed by atoms with Crippen LogP contribution in [0.5, 0.6) is 0 Å². The van der Waals surface area contributed by atoms with Crippen molar-refractivity contribution in [3.63, 3.8) is 0 Å². The zero-order chi connectivity index (χ0) is 13.2. The molecule has 1 radical (unpaired) electrons. The van der Waals surface area contributed by atoms with Gasteiger partial charge in [-0.3, -0.25) is 4.90 Å². The second kappa shape index (κ2) is 9.70. The summed E-state index contributed by atoms with van der Waals surface area (Å²) in [5, 5.41) is 0. The molecule has 0 aromatic rings. The third-order valence-electron chi connectivity index (χ3n) is 4.00. The van der Waals surface area contributed by atoms with Crippen LogP contribution in [0.1, 0.15) is 38.5 Å². The molecule has 0 aromatic carbocycles.